The van der Waals surface area contributed by atoms with Crippen LogP contribution in [0, 0.1) is 0 Å². The summed E-state index contributed by atoms with van der Waals surface area (Å²) in [7, 11) is 1.74. The SMILES string of the molecule is CN1C(=O)[C@@]2(CC(=O)Nc3[nH]ncc32)c2ccccc21. The lowest BCUT2D eigenvalue weighted by molar-refractivity contribution is -0.126. The number of likely N-dealkylation sites (N-methyl/N-ethyl adjacent to an activating group) is 1. The highest BCUT2D eigenvalue weighted by Crippen LogP contribution is 2.50. The maximum atomic E-state index is 12.8. The van der Waals surface area contributed by atoms with Gasteiger partial charge in [0.05, 0.1) is 6.20 Å². The number of nitrogens with zero attached hydrogens (tertiary/aromatic N) is 2. The molecule has 3 heterocycles. The summed E-state index contributed by atoms with van der Waals surface area (Å²) < 4.78 is 0. The Morgan fingerprint density at radius 1 is 1.25 bits per heavy atom. The van der Waals surface area contributed by atoms with Crippen molar-refractivity contribution in [1.29, 1.82) is 0 Å². The van der Waals surface area contributed by atoms with Crippen molar-refractivity contribution in [1.82, 2.24) is 10.2 Å². The molecule has 6 heteroatoms. The second-order valence-electron chi connectivity index (χ2n) is 5.17. The molecule has 2 N–H and O–H groups in total. The minimum absolute atomic E-state index is 0.0869. The molecule has 100 valence electrons. The molecule has 1 atom stereocenters. The number of rotatable bonds is 0. The van der Waals surface area contributed by atoms with Crippen LogP contribution in [0.2, 0.25) is 0 Å². The first-order chi connectivity index (χ1) is 9.64. The largest absolute Gasteiger partial charge is 0.314 e. The standard InChI is InChI=1S/C14H12N4O2/c1-18-10-5-3-2-4-8(10)14(13(18)20)6-11(19)16-12-9(14)7-15-17-12/h2-5,7H,6H2,1H3,(H2,15,16,17,19)/t14-/m0/s1. The van der Waals surface area contributed by atoms with Crippen LogP contribution in [0.5, 0.6) is 0 Å². The molecule has 0 saturated heterocycles. The van der Waals surface area contributed by atoms with E-state index in [-0.39, 0.29) is 18.2 Å². The Hall–Kier alpha value is -2.63. The highest BCUT2D eigenvalue weighted by atomic mass is 16.2. The first-order valence-electron chi connectivity index (χ1n) is 6.36. The summed E-state index contributed by atoms with van der Waals surface area (Å²) in [5.74, 6) is 0.246. The molecule has 2 aromatic rings. The lowest BCUT2D eigenvalue weighted by Gasteiger charge is -2.31. The van der Waals surface area contributed by atoms with Gasteiger partial charge in [0.15, 0.2) is 0 Å². The van der Waals surface area contributed by atoms with Gasteiger partial charge in [0.2, 0.25) is 11.8 Å². The molecule has 2 aliphatic rings. The van der Waals surface area contributed by atoms with Gasteiger partial charge in [0.25, 0.3) is 0 Å². The Kier molecular flexibility index (Phi) is 1.95. The third kappa shape index (κ3) is 1.11. The summed E-state index contributed by atoms with van der Waals surface area (Å²) in [6, 6.07) is 7.58. The van der Waals surface area contributed by atoms with Gasteiger partial charge >= 0.3 is 0 Å². The van der Waals surface area contributed by atoms with E-state index in [2.05, 4.69) is 15.5 Å². The van der Waals surface area contributed by atoms with Gasteiger partial charge in [-0.2, -0.15) is 5.10 Å². The number of aromatic nitrogens is 2. The predicted octanol–water partition coefficient (Wildman–Crippen LogP) is 1.01. The summed E-state index contributed by atoms with van der Waals surface area (Å²) in [6.45, 7) is 0. The van der Waals surface area contributed by atoms with Crippen molar-refractivity contribution in [3.8, 4) is 0 Å². The predicted molar refractivity (Wildman–Crippen MR) is 72.5 cm³/mol. The van der Waals surface area contributed by atoms with Crippen LogP contribution < -0.4 is 10.2 Å². The molecule has 20 heavy (non-hydrogen) atoms. The highest BCUT2D eigenvalue weighted by molar-refractivity contribution is 6.15. The molecule has 0 fully saturated rings. The molecule has 6 nitrogen and oxygen atoms in total. The van der Waals surface area contributed by atoms with Crippen LogP contribution in [0.25, 0.3) is 0 Å². The van der Waals surface area contributed by atoms with E-state index in [4.69, 9.17) is 0 Å². The van der Waals surface area contributed by atoms with E-state index in [1.54, 1.807) is 18.1 Å². The van der Waals surface area contributed by atoms with Crippen molar-refractivity contribution in [2.75, 3.05) is 17.3 Å². The monoisotopic (exact) mass is 268 g/mol. The van der Waals surface area contributed by atoms with E-state index < -0.39 is 5.41 Å². The van der Waals surface area contributed by atoms with Crippen LogP contribution in [0.4, 0.5) is 11.5 Å². The maximum Gasteiger partial charge on any atom is 0.242 e. The van der Waals surface area contributed by atoms with Gasteiger partial charge in [0, 0.05) is 24.7 Å². The van der Waals surface area contributed by atoms with Crippen molar-refractivity contribution in [2.45, 2.75) is 11.8 Å². The fourth-order valence-corrected chi connectivity index (χ4v) is 3.29. The quantitative estimate of drug-likeness (QED) is 0.748. The van der Waals surface area contributed by atoms with Crippen molar-refractivity contribution < 1.29 is 9.59 Å². The molecule has 1 aromatic carbocycles. The van der Waals surface area contributed by atoms with Gasteiger partial charge in [-0.05, 0) is 11.6 Å². The number of hydrogen-bond donors (Lipinski definition) is 2. The van der Waals surface area contributed by atoms with Crippen LogP contribution in [-0.4, -0.2) is 29.1 Å². The molecule has 0 radical (unpaired) electrons. The molecule has 0 bridgehead atoms. The lowest BCUT2D eigenvalue weighted by Crippen LogP contribution is -2.45. The Labute approximate surface area is 114 Å². The van der Waals surface area contributed by atoms with E-state index in [0.717, 1.165) is 16.8 Å². The molecule has 0 saturated carbocycles. The summed E-state index contributed by atoms with van der Waals surface area (Å²) in [6.07, 6.45) is 1.74. The van der Waals surface area contributed by atoms with E-state index >= 15 is 0 Å². The number of amides is 2. The Morgan fingerprint density at radius 2 is 2.05 bits per heavy atom. The molecular formula is C14H12N4O2. The van der Waals surface area contributed by atoms with Crippen molar-refractivity contribution in [2.24, 2.45) is 0 Å². The molecular weight excluding hydrogens is 256 g/mol. The minimum Gasteiger partial charge on any atom is -0.314 e. The van der Waals surface area contributed by atoms with E-state index in [1.165, 1.54) is 0 Å². The summed E-state index contributed by atoms with van der Waals surface area (Å²) in [5, 5.41) is 9.46. The molecule has 0 unspecified atom stereocenters. The van der Waals surface area contributed by atoms with Crippen LogP contribution >= 0.6 is 0 Å². The third-order valence-electron chi connectivity index (χ3n) is 4.18. The molecule has 1 spiro atoms. The maximum absolute atomic E-state index is 12.8. The average molecular weight is 268 g/mol. The van der Waals surface area contributed by atoms with Crippen molar-refractivity contribution in [3.63, 3.8) is 0 Å². The number of hydrogen-bond acceptors (Lipinski definition) is 3. The highest BCUT2D eigenvalue weighted by Gasteiger charge is 2.55. The average Bonchev–Trinajstić information content (AvgIpc) is 2.99. The lowest BCUT2D eigenvalue weighted by atomic mass is 9.72. The zero-order valence-electron chi connectivity index (χ0n) is 10.8. The fourth-order valence-electron chi connectivity index (χ4n) is 3.29. The molecule has 0 aliphatic carbocycles. The van der Waals surface area contributed by atoms with Crippen LogP contribution in [-0.2, 0) is 15.0 Å². The zero-order chi connectivity index (χ0) is 13.9. The van der Waals surface area contributed by atoms with Gasteiger partial charge in [-0.15, -0.1) is 0 Å². The number of para-hydroxylation sites is 1. The number of H-pyrrole nitrogens is 1. The summed E-state index contributed by atoms with van der Waals surface area (Å²) >= 11 is 0. The molecule has 1 aromatic heterocycles. The van der Waals surface area contributed by atoms with Crippen molar-refractivity contribution in [3.05, 3.63) is 41.6 Å². The number of fused-ring (bicyclic) bond motifs is 4. The molecule has 2 amide bonds. The Bertz CT molecular complexity index is 751. The fraction of sp³-hybridized carbons (Fsp3) is 0.214. The molecule has 2 aliphatic heterocycles. The second-order valence-corrected chi connectivity index (χ2v) is 5.17. The van der Waals surface area contributed by atoms with Crippen molar-refractivity contribution >= 4 is 23.3 Å². The second kappa shape index (κ2) is 3.47. The number of nitrogens with one attached hydrogen (secondary N) is 2. The van der Waals surface area contributed by atoms with Crippen LogP contribution in [0.1, 0.15) is 17.5 Å². The normalized spacial score (nSPS) is 23.8. The minimum atomic E-state index is -0.948. The van der Waals surface area contributed by atoms with Crippen LogP contribution in [0.15, 0.2) is 30.5 Å². The van der Waals surface area contributed by atoms with Crippen LogP contribution in [0.3, 0.4) is 0 Å². The first-order valence-corrected chi connectivity index (χ1v) is 6.36. The summed E-state index contributed by atoms with van der Waals surface area (Å²) in [5.41, 5.74) is 1.50. The van der Waals surface area contributed by atoms with Gasteiger partial charge in [-0.1, -0.05) is 18.2 Å². The first kappa shape index (κ1) is 11.2. The Morgan fingerprint density at radius 3 is 2.90 bits per heavy atom. The number of anilines is 2. The van der Waals surface area contributed by atoms with Gasteiger partial charge < -0.3 is 10.2 Å². The topological polar surface area (TPSA) is 78.1 Å². The third-order valence-corrected chi connectivity index (χ3v) is 4.18. The molecule has 4 rings (SSSR count). The van der Waals surface area contributed by atoms with E-state index in [0.29, 0.717) is 5.82 Å². The van der Waals surface area contributed by atoms with E-state index in [9.17, 15) is 9.59 Å². The number of aromatic amines is 1. The zero-order valence-corrected chi connectivity index (χ0v) is 10.8. The van der Waals surface area contributed by atoms with Gasteiger partial charge in [0.1, 0.15) is 11.2 Å². The number of benzene rings is 1. The summed E-state index contributed by atoms with van der Waals surface area (Å²) in [4.78, 5) is 26.5. The smallest absolute Gasteiger partial charge is 0.242 e. The van der Waals surface area contributed by atoms with Gasteiger partial charge in [-0.3, -0.25) is 14.7 Å². The number of carbonyl (C=O) groups is 2. The van der Waals surface area contributed by atoms with Gasteiger partial charge in [-0.25, -0.2) is 0 Å². The Balaban J connectivity index is 2.07. The number of carbonyl (C=O) groups excluding carboxylic acids is 2. The van der Waals surface area contributed by atoms with E-state index in [1.807, 2.05) is 24.3 Å².